The van der Waals surface area contributed by atoms with E-state index in [1.165, 1.54) is 25.3 Å². The maximum atomic E-state index is 10.9. The highest BCUT2D eigenvalue weighted by atomic mass is 35.5. The quantitative estimate of drug-likeness (QED) is 0.322. The maximum Gasteiger partial charge on any atom is 0.273 e. The fourth-order valence-corrected chi connectivity index (χ4v) is 2.93. The SMILES string of the molecule is COc1cc([N+](=O)[O-])ccc1NC(=S)Nc1ncn(Cc2ccc(Cl)c(Cl)c2)n1. The van der Waals surface area contributed by atoms with Gasteiger partial charge in [-0.3, -0.25) is 15.4 Å². The first-order valence-corrected chi connectivity index (χ1v) is 9.26. The van der Waals surface area contributed by atoms with Gasteiger partial charge in [0.25, 0.3) is 5.69 Å². The number of non-ortho nitro benzene ring substituents is 1. The molecular formula is C17H14Cl2N6O3S. The minimum absolute atomic E-state index is 0.0889. The van der Waals surface area contributed by atoms with Gasteiger partial charge in [-0.1, -0.05) is 29.3 Å². The van der Waals surface area contributed by atoms with Crippen LogP contribution in [-0.2, 0) is 6.54 Å². The van der Waals surface area contributed by atoms with E-state index in [0.717, 1.165) is 5.56 Å². The standard InChI is InChI=1S/C17H14Cl2N6O3S/c1-28-15-7-11(25(26)27)3-5-14(15)21-17(29)22-16-20-9-24(23-16)8-10-2-4-12(18)13(19)6-10/h2-7,9H,8H2,1H3,(H2,21,22,23,29). The average Bonchev–Trinajstić information content (AvgIpc) is 3.11. The number of rotatable bonds is 6. The fraction of sp³-hybridized carbons (Fsp3) is 0.118. The van der Waals surface area contributed by atoms with Crippen LogP contribution in [0.3, 0.4) is 0 Å². The summed E-state index contributed by atoms with van der Waals surface area (Å²) in [5.41, 5.74) is 1.28. The highest BCUT2D eigenvalue weighted by molar-refractivity contribution is 7.80. The van der Waals surface area contributed by atoms with Crippen LogP contribution in [-0.4, -0.2) is 31.9 Å². The third kappa shape index (κ3) is 5.31. The zero-order chi connectivity index (χ0) is 21.0. The third-order valence-corrected chi connectivity index (χ3v) is 4.68. The Labute approximate surface area is 180 Å². The van der Waals surface area contributed by atoms with Crippen molar-refractivity contribution in [3.05, 3.63) is 68.4 Å². The second kappa shape index (κ2) is 9.03. The number of benzene rings is 2. The maximum absolute atomic E-state index is 10.9. The van der Waals surface area contributed by atoms with E-state index in [-0.39, 0.29) is 22.5 Å². The van der Waals surface area contributed by atoms with Gasteiger partial charge >= 0.3 is 0 Å². The number of ether oxygens (including phenoxy) is 1. The fourth-order valence-electron chi connectivity index (χ4n) is 2.40. The number of hydrogen-bond acceptors (Lipinski definition) is 6. The summed E-state index contributed by atoms with van der Waals surface area (Å²) >= 11 is 17.2. The Kier molecular flexibility index (Phi) is 6.47. The Morgan fingerprint density at radius 3 is 2.72 bits per heavy atom. The largest absolute Gasteiger partial charge is 0.494 e. The van der Waals surface area contributed by atoms with Gasteiger partial charge in [0.1, 0.15) is 12.1 Å². The van der Waals surface area contributed by atoms with Gasteiger partial charge in [-0.2, -0.15) is 0 Å². The van der Waals surface area contributed by atoms with Gasteiger partial charge < -0.3 is 10.1 Å². The van der Waals surface area contributed by atoms with E-state index in [9.17, 15) is 10.1 Å². The zero-order valence-electron chi connectivity index (χ0n) is 14.9. The molecule has 0 aliphatic heterocycles. The predicted molar refractivity (Wildman–Crippen MR) is 115 cm³/mol. The molecule has 9 nitrogen and oxygen atoms in total. The Balaban J connectivity index is 1.64. The van der Waals surface area contributed by atoms with Crippen LogP contribution in [0.1, 0.15) is 5.56 Å². The van der Waals surface area contributed by atoms with Crippen molar-refractivity contribution in [3.8, 4) is 5.75 Å². The molecule has 150 valence electrons. The molecule has 12 heteroatoms. The summed E-state index contributed by atoms with van der Waals surface area (Å²) in [6.45, 7) is 0.446. The molecular weight excluding hydrogens is 439 g/mol. The highest BCUT2D eigenvalue weighted by Crippen LogP contribution is 2.29. The van der Waals surface area contributed by atoms with Crippen LogP contribution in [0.25, 0.3) is 0 Å². The van der Waals surface area contributed by atoms with E-state index < -0.39 is 4.92 Å². The van der Waals surface area contributed by atoms with Crippen molar-refractivity contribution in [2.24, 2.45) is 0 Å². The van der Waals surface area contributed by atoms with Crippen molar-refractivity contribution in [1.29, 1.82) is 0 Å². The van der Waals surface area contributed by atoms with Gasteiger partial charge in [0.15, 0.2) is 5.11 Å². The van der Waals surface area contributed by atoms with Gasteiger partial charge in [0.2, 0.25) is 5.95 Å². The molecule has 0 amide bonds. The smallest absolute Gasteiger partial charge is 0.273 e. The first-order valence-electron chi connectivity index (χ1n) is 8.09. The highest BCUT2D eigenvalue weighted by Gasteiger charge is 2.13. The normalized spacial score (nSPS) is 10.4. The lowest BCUT2D eigenvalue weighted by Gasteiger charge is -2.11. The van der Waals surface area contributed by atoms with Crippen molar-refractivity contribution in [2.45, 2.75) is 6.54 Å². The molecule has 3 rings (SSSR count). The number of anilines is 2. The van der Waals surface area contributed by atoms with Crippen molar-refractivity contribution >= 4 is 57.9 Å². The van der Waals surface area contributed by atoms with Crippen LogP contribution in [0, 0.1) is 10.1 Å². The summed E-state index contributed by atoms with van der Waals surface area (Å²) in [7, 11) is 1.41. The van der Waals surface area contributed by atoms with Crippen LogP contribution in [0.4, 0.5) is 17.3 Å². The van der Waals surface area contributed by atoms with Crippen molar-refractivity contribution in [3.63, 3.8) is 0 Å². The Morgan fingerprint density at radius 2 is 2.03 bits per heavy atom. The monoisotopic (exact) mass is 452 g/mol. The Morgan fingerprint density at radius 1 is 1.24 bits per heavy atom. The number of nitrogens with zero attached hydrogens (tertiary/aromatic N) is 4. The Bertz CT molecular complexity index is 1080. The summed E-state index contributed by atoms with van der Waals surface area (Å²) in [5, 5.41) is 22.0. The molecule has 0 aliphatic rings. The lowest BCUT2D eigenvalue weighted by Crippen LogP contribution is -2.20. The molecule has 2 N–H and O–H groups in total. The molecule has 0 saturated carbocycles. The topological polar surface area (TPSA) is 107 Å². The zero-order valence-corrected chi connectivity index (χ0v) is 17.3. The van der Waals surface area contributed by atoms with Gasteiger partial charge in [-0.05, 0) is 36.0 Å². The van der Waals surface area contributed by atoms with E-state index >= 15 is 0 Å². The molecule has 0 fully saturated rings. The van der Waals surface area contributed by atoms with E-state index in [2.05, 4.69) is 20.7 Å². The van der Waals surface area contributed by atoms with E-state index in [4.69, 9.17) is 40.2 Å². The number of nitro benzene ring substituents is 1. The third-order valence-electron chi connectivity index (χ3n) is 3.73. The molecule has 2 aromatic carbocycles. The van der Waals surface area contributed by atoms with Gasteiger partial charge in [0.05, 0.1) is 40.4 Å². The molecule has 1 aromatic heterocycles. The van der Waals surface area contributed by atoms with E-state index in [0.29, 0.717) is 22.3 Å². The van der Waals surface area contributed by atoms with Crippen LogP contribution in [0.5, 0.6) is 5.75 Å². The van der Waals surface area contributed by atoms with Crippen LogP contribution in [0.2, 0.25) is 10.0 Å². The summed E-state index contributed by atoms with van der Waals surface area (Å²) in [6.07, 6.45) is 1.54. The second-order valence-corrected chi connectivity index (χ2v) is 6.96. The molecule has 0 radical (unpaired) electrons. The second-order valence-electron chi connectivity index (χ2n) is 5.74. The number of hydrogen-bond donors (Lipinski definition) is 2. The molecule has 1 heterocycles. The summed E-state index contributed by atoms with van der Waals surface area (Å²) < 4.78 is 6.77. The molecule has 29 heavy (non-hydrogen) atoms. The van der Waals surface area contributed by atoms with Gasteiger partial charge in [0, 0.05) is 6.07 Å². The number of nitrogens with one attached hydrogen (secondary N) is 2. The predicted octanol–water partition coefficient (Wildman–Crippen LogP) is 4.36. The summed E-state index contributed by atoms with van der Waals surface area (Å²) in [4.78, 5) is 14.5. The van der Waals surface area contributed by atoms with Crippen LogP contribution in [0.15, 0.2) is 42.7 Å². The number of halogens is 2. The number of thiocarbonyl (C=S) groups is 1. The molecule has 0 spiro atoms. The minimum atomic E-state index is -0.507. The van der Waals surface area contributed by atoms with Crippen LogP contribution >= 0.6 is 35.4 Å². The first-order chi connectivity index (χ1) is 13.9. The van der Waals surface area contributed by atoms with Crippen LogP contribution < -0.4 is 15.4 Å². The van der Waals surface area contributed by atoms with Gasteiger partial charge in [-0.15, -0.1) is 5.10 Å². The van der Waals surface area contributed by atoms with E-state index in [1.807, 2.05) is 6.07 Å². The molecule has 3 aromatic rings. The number of methoxy groups -OCH3 is 1. The molecule has 0 bridgehead atoms. The average molecular weight is 453 g/mol. The van der Waals surface area contributed by atoms with Crippen molar-refractivity contribution < 1.29 is 9.66 Å². The molecule has 0 aliphatic carbocycles. The Hall–Kier alpha value is -2.95. The molecule has 0 atom stereocenters. The molecule has 0 saturated heterocycles. The number of nitro groups is 1. The first kappa shape index (κ1) is 20.8. The number of aromatic nitrogens is 3. The van der Waals surface area contributed by atoms with Crippen molar-refractivity contribution in [1.82, 2.24) is 14.8 Å². The summed E-state index contributed by atoms with van der Waals surface area (Å²) in [6, 6.07) is 9.46. The minimum Gasteiger partial charge on any atom is -0.494 e. The van der Waals surface area contributed by atoms with E-state index in [1.54, 1.807) is 23.1 Å². The summed E-state index contributed by atoms with van der Waals surface area (Å²) in [5.74, 6) is 0.560. The molecule has 0 unspecified atom stereocenters. The lowest BCUT2D eigenvalue weighted by molar-refractivity contribution is -0.384. The lowest BCUT2D eigenvalue weighted by atomic mass is 10.2. The van der Waals surface area contributed by atoms with Crippen molar-refractivity contribution in [2.75, 3.05) is 17.7 Å². The van der Waals surface area contributed by atoms with Gasteiger partial charge in [-0.25, -0.2) is 9.67 Å².